The Morgan fingerprint density at radius 1 is 1.17 bits per heavy atom. The minimum Gasteiger partial charge on any atom is -0.504 e. The highest BCUT2D eigenvalue weighted by molar-refractivity contribution is 5.90. The molecule has 0 radical (unpaired) electrons. The molecule has 1 aromatic rings. The highest BCUT2D eigenvalue weighted by Gasteiger charge is 2.63. The van der Waals surface area contributed by atoms with Gasteiger partial charge in [0, 0.05) is 18.4 Å². The summed E-state index contributed by atoms with van der Waals surface area (Å²) < 4.78 is 6.00. The van der Waals surface area contributed by atoms with Crippen LogP contribution in [0.5, 0.6) is 11.5 Å². The van der Waals surface area contributed by atoms with E-state index in [1.165, 1.54) is 23.1 Å². The third kappa shape index (κ3) is 4.58. The number of aliphatic hydroxyl groups is 1. The van der Waals surface area contributed by atoms with E-state index in [0.717, 1.165) is 19.3 Å². The number of likely N-dealkylation sites (tertiary alicyclic amines) is 1. The molecule has 1 aliphatic heterocycles. The van der Waals surface area contributed by atoms with E-state index >= 15 is 0 Å². The van der Waals surface area contributed by atoms with Gasteiger partial charge in [0.25, 0.3) is 0 Å². The fraction of sp³-hybridized carbons (Fsp3) is 0.654. The van der Waals surface area contributed by atoms with Crippen molar-refractivity contribution in [1.82, 2.24) is 10.2 Å². The molecule has 0 spiro atoms. The van der Waals surface area contributed by atoms with Crippen molar-refractivity contribution in [3.8, 4) is 11.5 Å². The maximum Gasteiger partial charge on any atom is 0.329 e. The van der Waals surface area contributed by atoms with Gasteiger partial charge in [0.05, 0.1) is 6.54 Å². The van der Waals surface area contributed by atoms with Crippen LogP contribution in [0.25, 0.3) is 0 Å². The van der Waals surface area contributed by atoms with Crippen LogP contribution in [0.3, 0.4) is 0 Å². The number of hydrogen-bond acceptors (Lipinski definition) is 7. The van der Waals surface area contributed by atoms with Gasteiger partial charge >= 0.3 is 5.97 Å². The number of carbonyl (C=O) groups is 3. The van der Waals surface area contributed by atoms with Crippen LogP contribution in [0.15, 0.2) is 18.2 Å². The number of amides is 2. The van der Waals surface area contributed by atoms with E-state index in [2.05, 4.69) is 26.1 Å². The molecule has 2 bridgehead atoms. The van der Waals surface area contributed by atoms with Gasteiger partial charge in [-0.05, 0) is 61.1 Å². The summed E-state index contributed by atoms with van der Waals surface area (Å²) in [5.41, 5.74) is 0.515. The van der Waals surface area contributed by atoms with Crippen molar-refractivity contribution < 1.29 is 34.4 Å². The van der Waals surface area contributed by atoms with Crippen molar-refractivity contribution in [2.45, 2.75) is 77.5 Å². The summed E-state index contributed by atoms with van der Waals surface area (Å²) in [4.78, 5) is 39.6. The van der Waals surface area contributed by atoms with E-state index in [9.17, 15) is 29.7 Å². The van der Waals surface area contributed by atoms with E-state index < -0.39 is 24.0 Å². The van der Waals surface area contributed by atoms with E-state index in [0.29, 0.717) is 30.9 Å². The number of fused-ring (bicyclic) bond motifs is 2. The van der Waals surface area contributed by atoms with Crippen molar-refractivity contribution >= 4 is 17.8 Å². The smallest absolute Gasteiger partial charge is 0.329 e. The van der Waals surface area contributed by atoms with Gasteiger partial charge in [0.15, 0.2) is 11.5 Å². The van der Waals surface area contributed by atoms with Gasteiger partial charge in [-0.2, -0.15) is 0 Å². The summed E-state index contributed by atoms with van der Waals surface area (Å²) in [6.45, 7) is 6.79. The Bertz CT molecular complexity index is 1010. The number of phenols is 2. The maximum atomic E-state index is 13.1. The number of benzene rings is 1. The fourth-order valence-electron chi connectivity index (χ4n) is 6.23. The fourth-order valence-corrected chi connectivity index (χ4v) is 6.23. The average molecular weight is 489 g/mol. The summed E-state index contributed by atoms with van der Waals surface area (Å²) in [5.74, 6) is -1.61. The largest absolute Gasteiger partial charge is 0.504 e. The predicted octanol–water partition coefficient (Wildman–Crippen LogP) is 1.87. The second kappa shape index (κ2) is 9.33. The summed E-state index contributed by atoms with van der Waals surface area (Å²) in [7, 11) is 0. The highest BCUT2D eigenvalue weighted by atomic mass is 16.5. The van der Waals surface area contributed by atoms with Gasteiger partial charge in [0.2, 0.25) is 11.8 Å². The number of aromatic hydroxyl groups is 2. The molecule has 2 aliphatic carbocycles. The van der Waals surface area contributed by atoms with Crippen LogP contribution in [0.2, 0.25) is 0 Å². The Hall–Kier alpha value is -2.81. The lowest BCUT2D eigenvalue weighted by atomic mass is 9.70. The molecule has 35 heavy (non-hydrogen) atoms. The molecule has 5 atom stereocenters. The SMILES string of the molecule is CC1(C)C2CCC1(C)C(OC(=O)C1CCCN1C(=O)CNC(=O)C(O)Cc1ccc(O)c(O)c1)C2. The van der Waals surface area contributed by atoms with Gasteiger partial charge < -0.3 is 30.3 Å². The van der Waals surface area contributed by atoms with E-state index in [4.69, 9.17) is 4.74 Å². The van der Waals surface area contributed by atoms with Crippen molar-refractivity contribution in [3.63, 3.8) is 0 Å². The zero-order valence-electron chi connectivity index (χ0n) is 20.6. The number of carbonyl (C=O) groups excluding carboxylic acids is 3. The van der Waals surface area contributed by atoms with Gasteiger partial charge in [-0.1, -0.05) is 26.8 Å². The van der Waals surface area contributed by atoms with Crippen molar-refractivity contribution in [2.75, 3.05) is 13.1 Å². The first kappa shape index (κ1) is 25.3. The zero-order chi connectivity index (χ0) is 25.5. The quantitative estimate of drug-likeness (QED) is 0.340. The Labute approximate surface area is 205 Å². The normalized spacial score (nSPS) is 29.7. The van der Waals surface area contributed by atoms with Gasteiger partial charge in [0.1, 0.15) is 18.2 Å². The molecule has 192 valence electrons. The zero-order valence-corrected chi connectivity index (χ0v) is 20.6. The Morgan fingerprint density at radius 3 is 2.54 bits per heavy atom. The minimum absolute atomic E-state index is 0.0564. The molecular weight excluding hydrogens is 452 g/mol. The summed E-state index contributed by atoms with van der Waals surface area (Å²) in [6.07, 6.45) is 2.60. The molecule has 3 fully saturated rings. The standard InChI is InChI=1S/C26H36N2O7/c1-25(2)16-8-9-26(25,3)21(13-16)35-24(34)17-5-4-10-28(17)22(32)14-27-23(33)20(31)12-15-6-7-18(29)19(30)11-15/h6-7,11,16-17,20-21,29-31H,4-5,8-10,12-14H2,1-3H3,(H,27,33). The van der Waals surface area contributed by atoms with Crippen LogP contribution < -0.4 is 5.32 Å². The minimum atomic E-state index is -1.44. The van der Waals surface area contributed by atoms with E-state index in [1.54, 1.807) is 0 Å². The van der Waals surface area contributed by atoms with Crippen molar-refractivity contribution in [1.29, 1.82) is 0 Å². The molecule has 5 unspecified atom stereocenters. The first-order chi connectivity index (χ1) is 16.4. The van der Waals surface area contributed by atoms with Crippen LogP contribution in [-0.4, -0.2) is 69.3 Å². The third-order valence-electron chi connectivity index (χ3n) is 9.00. The second-order valence-corrected chi connectivity index (χ2v) is 11.0. The number of hydrogen-bond donors (Lipinski definition) is 4. The summed E-state index contributed by atoms with van der Waals surface area (Å²) in [5, 5.41) is 31.5. The monoisotopic (exact) mass is 488 g/mol. The van der Waals surface area contributed by atoms with Gasteiger partial charge in [-0.3, -0.25) is 9.59 Å². The summed E-state index contributed by atoms with van der Waals surface area (Å²) in [6, 6.07) is 3.35. The number of rotatable bonds is 7. The van der Waals surface area contributed by atoms with Crippen LogP contribution >= 0.6 is 0 Å². The number of esters is 1. The Balaban J connectivity index is 1.29. The number of nitrogens with zero attached hydrogens (tertiary/aromatic N) is 1. The molecule has 0 aromatic heterocycles. The van der Waals surface area contributed by atoms with Crippen LogP contribution in [-0.2, 0) is 25.5 Å². The Kier molecular flexibility index (Phi) is 6.74. The van der Waals surface area contributed by atoms with Crippen LogP contribution in [0, 0.1) is 16.7 Å². The molecule has 9 nitrogen and oxygen atoms in total. The number of nitrogens with one attached hydrogen (secondary N) is 1. The lowest BCUT2D eigenvalue weighted by molar-refractivity contribution is -0.164. The molecular formula is C26H36N2O7. The molecule has 3 aliphatic rings. The summed E-state index contributed by atoms with van der Waals surface area (Å²) >= 11 is 0. The Morgan fingerprint density at radius 2 is 1.91 bits per heavy atom. The lowest BCUT2D eigenvalue weighted by Gasteiger charge is -2.39. The van der Waals surface area contributed by atoms with Crippen LogP contribution in [0.1, 0.15) is 58.4 Å². The topological polar surface area (TPSA) is 136 Å². The molecule has 2 saturated carbocycles. The molecule has 4 rings (SSSR count). The molecule has 2 amide bonds. The van der Waals surface area contributed by atoms with Gasteiger partial charge in [-0.25, -0.2) is 4.79 Å². The second-order valence-electron chi connectivity index (χ2n) is 11.0. The first-order valence-electron chi connectivity index (χ1n) is 12.4. The van der Waals surface area contributed by atoms with E-state index in [1.807, 2.05) is 0 Å². The highest BCUT2D eigenvalue weighted by Crippen LogP contribution is 2.66. The maximum absolute atomic E-state index is 13.1. The van der Waals surface area contributed by atoms with Gasteiger partial charge in [-0.15, -0.1) is 0 Å². The van der Waals surface area contributed by atoms with Crippen LogP contribution in [0.4, 0.5) is 0 Å². The lowest BCUT2D eigenvalue weighted by Crippen LogP contribution is -2.49. The molecule has 1 saturated heterocycles. The average Bonchev–Trinajstić information content (AvgIpc) is 3.43. The first-order valence-corrected chi connectivity index (χ1v) is 12.4. The number of aliphatic hydroxyl groups excluding tert-OH is 1. The molecule has 9 heteroatoms. The third-order valence-corrected chi connectivity index (χ3v) is 9.00. The van der Waals surface area contributed by atoms with Crippen molar-refractivity contribution in [2.24, 2.45) is 16.7 Å². The van der Waals surface area contributed by atoms with E-state index in [-0.39, 0.29) is 47.4 Å². The number of phenolic OH excluding ortho intramolecular Hbond substituents is 2. The van der Waals surface area contributed by atoms with Crippen molar-refractivity contribution in [3.05, 3.63) is 23.8 Å². The molecule has 1 heterocycles. The predicted molar refractivity (Wildman–Crippen MR) is 126 cm³/mol. The molecule has 1 aromatic carbocycles. The number of ether oxygens (including phenoxy) is 1. The molecule has 4 N–H and O–H groups in total.